The van der Waals surface area contributed by atoms with Gasteiger partial charge in [0.25, 0.3) is 0 Å². The van der Waals surface area contributed by atoms with Crippen molar-refractivity contribution in [2.45, 2.75) is 38.5 Å². The van der Waals surface area contributed by atoms with E-state index in [1.807, 2.05) is 0 Å². The molecule has 1 aromatic rings. The molecule has 0 amide bonds. The molecule has 0 saturated heterocycles. The molecule has 8 heteroatoms. The molecule has 0 fully saturated rings. The minimum atomic E-state index is -4.33. The molecule has 0 bridgehead atoms. The summed E-state index contributed by atoms with van der Waals surface area (Å²) in [5.41, 5.74) is 7.11. The number of nitrogens with one attached hydrogen (secondary N) is 1. The molecule has 0 aliphatic carbocycles. The Morgan fingerprint density at radius 3 is 2.29 bits per heavy atom. The third-order valence-electron chi connectivity index (χ3n) is 2.95. The largest absolute Gasteiger partial charge is 0.389 e. The lowest BCUT2D eigenvalue weighted by Crippen LogP contribution is -2.29. The molecule has 0 aromatic heterocycles. The number of halogens is 3. The Bertz CT molecular complexity index is 542. The zero-order valence-electron chi connectivity index (χ0n) is 11.7. The number of hydrogen-bond acceptors (Lipinski definition) is 3. The van der Waals surface area contributed by atoms with Crippen LogP contribution in [0.5, 0.6) is 0 Å². The van der Waals surface area contributed by atoms with Crippen LogP contribution in [0, 0.1) is 0 Å². The van der Waals surface area contributed by atoms with E-state index in [-0.39, 0.29) is 0 Å². The number of hydrogen-bond donors (Lipinski definition) is 2. The Balaban J connectivity index is 2.57. The van der Waals surface area contributed by atoms with Gasteiger partial charge in [0.2, 0.25) is 10.0 Å². The van der Waals surface area contributed by atoms with Gasteiger partial charge < -0.3 is 5.73 Å². The SMILES string of the molecule is CC(NS(=O)(=O)CCCC(F)(F)F)c1ccc(CN)cc1. The van der Waals surface area contributed by atoms with E-state index in [1.54, 1.807) is 31.2 Å². The van der Waals surface area contributed by atoms with E-state index in [4.69, 9.17) is 5.73 Å². The fraction of sp³-hybridized carbons (Fsp3) is 0.538. The van der Waals surface area contributed by atoms with Gasteiger partial charge in [0, 0.05) is 19.0 Å². The van der Waals surface area contributed by atoms with Gasteiger partial charge >= 0.3 is 6.18 Å². The molecule has 0 radical (unpaired) electrons. The molecular weight excluding hydrogens is 305 g/mol. The van der Waals surface area contributed by atoms with Gasteiger partial charge in [-0.05, 0) is 24.5 Å². The van der Waals surface area contributed by atoms with Crippen molar-refractivity contribution in [1.29, 1.82) is 0 Å². The molecule has 21 heavy (non-hydrogen) atoms. The Morgan fingerprint density at radius 1 is 1.24 bits per heavy atom. The van der Waals surface area contributed by atoms with Crippen molar-refractivity contribution in [2.75, 3.05) is 5.75 Å². The van der Waals surface area contributed by atoms with Crippen LogP contribution in [-0.2, 0) is 16.6 Å². The van der Waals surface area contributed by atoms with Crippen molar-refractivity contribution in [2.24, 2.45) is 5.73 Å². The fourth-order valence-electron chi connectivity index (χ4n) is 1.80. The van der Waals surface area contributed by atoms with Crippen LogP contribution in [0.1, 0.15) is 36.9 Å². The quantitative estimate of drug-likeness (QED) is 0.809. The highest BCUT2D eigenvalue weighted by atomic mass is 32.2. The van der Waals surface area contributed by atoms with Crippen LogP contribution in [0.25, 0.3) is 0 Å². The van der Waals surface area contributed by atoms with Crippen molar-refractivity contribution in [3.05, 3.63) is 35.4 Å². The zero-order chi connectivity index (χ0) is 16.1. The summed E-state index contributed by atoms with van der Waals surface area (Å²) in [4.78, 5) is 0. The maximum absolute atomic E-state index is 12.0. The smallest absolute Gasteiger partial charge is 0.326 e. The van der Waals surface area contributed by atoms with Gasteiger partial charge in [-0.2, -0.15) is 13.2 Å². The second kappa shape index (κ2) is 7.24. The molecule has 1 rings (SSSR count). The number of sulfonamides is 1. The second-order valence-corrected chi connectivity index (χ2v) is 6.70. The van der Waals surface area contributed by atoms with Gasteiger partial charge in [0.15, 0.2) is 0 Å². The summed E-state index contributed by atoms with van der Waals surface area (Å²) in [6, 6.07) is 6.54. The molecule has 1 aromatic carbocycles. The first-order valence-electron chi connectivity index (χ1n) is 6.48. The van der Waals surface area contributed by atoms with Gasteiger partial charge in [0.1, 0.15) is 0 Å². The van der Waals surface area contributed by atoms with E-state index in [2.05, 4.69) is 4.72 Å². The van der Waals surface area contributed by atoms with E-state index >= 15 is 0 Å². The molecule has 4 nitrogen and oxygen atoms in total. The Labute approximate surface area is 122 Å². The van der Waals surface area contributed by atoms with Gasteiger partial charge in [-0.25, -0.2) is 13.1 Å². The first-order chi connectivity index (χ1) is 9.63. The monoisotopic (exact) mass is 324 g/mol. The molecule has 1 unspecified atom stereocenters. The molecule has 0 heterocycles. The summed E-state index contributed by atoms with van der Waals surface area (Å²) in [5.74, 6) is -0.544. The average molecular weight is 324 g/mol. The zero-order valence-corrected chi connectivity index (χ0v) is 12.5. The highest BCUT2D eigenvalue weighted by molar-refractivity contribution is 7.89. The topological polar surface area (TPSA) is 72.2 Å². The number of alkyl halides is 3. The average Bonchev–Trinajstić information content (AvgIpc) is 2.36. The van der Waals surface area contributed by atoms with Gasteiger partial charge in [-0.1, -0.05) is 24.3 Å². The molecule has 0 spiro atoms. The Morgan fingerprint density at radius 2 is 1.81 bits per heavy atom. The summed E-state index contributed by atoms with van der Waals surface area (Å²) in [7, 11) is -3.74. The number of benzene rings is 1. The second-order valence-electron chi connectivity index (χ2n) is 4.82. The molecule has 0 aliphatic rings. The lowest BCUT2D eigenvalue weighted by atomic mass is 10.1. The molecule has 0 aliphatic heterocycles. The van der Waals surface area contributed by atoms with Crippen molar-refractivity contribution in [1.82, 2.24) is 4.72 Å². The highest BCUT2D eigenvalue weighted by Crippen LogP contribution is 2.22. The molecule has 0 saturated carbocycles. The highest BCUT2D eigenvalue weighted by Gasteiger charge is 2.27. The summed E-state index contributed by atoms with van der Waals surface area (Å²) in [6.07, 6.45) is -5.88. The van der Waals surface area contributed by atoms with Crippen LogP contribution in [0.3, 0.4) is 0 Å². The Kier molecular flexibility index (Phi) is 6.18. The van der Waals surface area contributed by atoms with Crippen molar-refractivity contribution >= 4 is 10.0 Å². The van der Waals surface area contributed by atoms with Crippen LogP contribution in [0.4, 0.5) is 13.2 Å². The van der Waals surface area contributed by atoms with Gasteiger partial charge in [-0.3, -0.25) is 0 Å². The van der Waals surface area contributed by atoms with E-state index in [1.165, 1.54) is 0 Å². The van der Waals surface area contributed by atoms with Crippen LogP contribution in [0.15, 0.2) is 24.3 Å². The fourth-order valence-corrected chi connectivity index (χ4v) is 3.12. The summed E-state index contributed by atoms with van der Waals surface area (Å²) in [6.45, 7) is 2.02. The van der Waals surface area contributed by atoms with Crippen molar-refractivity contribution in [3.63, 3.8) is 0 Å². The van der Waals surface area contributed by atoms with Crippen molar-refractivity contribution in [3.8, 4) is 0 Å². The normalized spacial score (nSPS) is 14.1. The van der Waals surface area contributed by atoms with E-state index in [9.17, 15) is 21.6 Å². The lowest BCUT2D eigenvalue weighted by Gasteiger charge is -2.15. The standard InChI is InChI=1S/C13H19F3N2O2S/c1-10(12-5-3-11(9-17)4-6-12)18-21(19,20)8-2-7-13(14,15)16/h3-6,10,18H,2,7-9,17H2,1H3. The maximum atomic E-state index is 12.0. The molecule has 120 valence electrons. The summed E-state index contributed by atoms with van der Waals surface area (Å²) in [5, 5.41) is 0. The molecular formula is C13H19F3N2O2S. The predicted octanol–water partition coefficient (Wildman–Crippen LogP) is 2.47. The van der Waals surface area contributed by atoms with E-state index in [0.29, 0.717) is 6.54 Å². The predicted molar refractivity (Wildman–Crippen MR) is 75.0 cm³/mol. The van der Waals surface area contributed by atoms with Gasteiger partial charge in [0.05, 0.1) is 5.75 Å². The van der Waals surface area contributed by atoms with Gasteiger partial charge in [-0.15, -0.1) is 0 Å². The summed E-state index contributed by atoms with van der Waals surface area (Å²) < 4.78 is 61.8. The molecule has 3 N–H and O–H groups in total. The van der Waals surface area contributed by atoms with Crippen LogP contribution in [-0.4, -0.2) is 20.3 Å². The summed E-state index contributed by atoms with van der Waals surface area (Å²) >= 11 is 0. The maximum Gasteiger partial charge on any atom is 0.389 e. The van der Waals surface area contributed by atoms with Crippen LogP contribution in [0.2, 0.25) is 0 Å². The van der Waals surface area contributed by atoms with E-state index < -0.39 is 40.8 Å². The number of nitrogens with two attached hydrogens (primary N) is 1. The van der Waals surface area contributed by atoms with Crippen molar-refractivity contribution < 1.29 is 21.6 Å². The number of rotatable bonds is 7. The first-order valence-corrected chi connectivity index (χ1v) is 8.14. The first kappa shape index (κ1) is 17.9. The van der Waals surface area contributed by atoms with E-state index in [0.717, 1.165) is 11.1 Å². The molecule has 1 atom stereocenters. The third-order valence-corrected chi connectivity index (χ3v) is 4.48. The lowest BCUT2D eigenvalue weighted by molar-refractivity contribution is -0.134. The third kappa shape index (κ3) is 6.92. The van der Waals surface area contributed by atoms with Crippen LogP contribution >= 0.6 is 0 Å². The minimum absolute atomic E-state index is 0.387. The minimum Gasteiger partial charge on any atom is -0.326 e. The van der Waals surface area contributed by atoms with Crippen LogP contribution < -0.4 is 10.5 Å². The Hall–Kier alpha value is -1.12.